The molecule has 0 bridgehead atoms. The van der Waals surface area contributed by atoms with E-state index in [1.165, 1.54) is 12.8 Å². The molecule has 0 saturated heterocycles. The maximum Gasteiger partial charge on any atom is 0.131 e. The van der Waals surface area contributed by atoms with E-state index in [4.69, 9.17) is 22.3 Å². The number of nitrogen functional groups attached to an aromatic ring is 1. The number of nitrogens with zero attached hydrogens (tertiary/aromatic N) is 2. The van der Waals surface area contributed by atoms with Crippen molar-refractivity contribution >= 4 is 33.3 Å². The standard InChI is InChI=1S/C16H19BrClN3/c1-9(2)8-21-15(19)14(20-16(21)10-3-4-10)12-7-11(18)5-6-13(12)17/h5-7,9-10H,3-4,8,19H2,1-2H3. The van der Waals surface area contributed by atoms with E-state index in [1.807, 2.05) is 18.2 Å². The van der Waals surface area contributed by atoms with Gasteiger partial charge in [0.2, 0.25) is 0 Å². The summed E-state index contributed by atoms with van der Waals surface area (Å²) in [6.45, 7) is 5.30. The molecule has 0 radical (unpaired) electrons. The molecular weight excluding hydrogens is 350 g/mol. The molecule has 1 saturated carbocycles. The fourth-order valence-electron chi connectivity index (χ4n) is 2.57. The lowest BCUT2D eigenvalue weighted by Crippen LogP contribution is -2.11. The summed E-state index contributed by atoms with van der Waals surface area (Å²) >= 11 is 9.70. The van der Waals surface area contributed by atoms with Gasteiger partial charge in [-0.15, -0.1) is 0 Å². The van der Waals surface area contributed by atoms with Crippen LogP contribution < -0.4 is 5.73 Å². The number of hydrogen-bond acceptors (Lipinski definition) is 2. The van der Waals surface area contributed by atoms with E-state index in [-0.39, 0.29) is 0 Å². The minimum absolute atomic E-state index is 0.537. The Morgan fingerprint density at radius 3 is 2.76 bits per heavy atom. The molecule has 0 unspecified atom stereocenters. The van der Waals surface area contributed by atoms with E-state index in [9.17, 15) is 0 Å². The van der Waals surface area contributed by atoms with Crippen molar-refractivity contribution in [2.45, 2.75) is 39.2 Å². The number of aromatic nitrogens is 2. The number of nitrogens with two attached hydrogens (primary N) is 1. The predicted octanol–water partition coefficient (Wildman–Crippen LogP) is 5.08. The molecule has 0 atom stereocenters. The first kappa shape index (κ1) is 14.9. The van der Waals surface area contributed by atoms with Gasteiger partial charge in [-0.1, -0.05) is 41.4 Å². The first-order chi connectivity index (χ1) is 9.97. The Labute approximate surface area is 138 Å². The second-order valence-electron chi connectivity index (χ2n) is 6.11. The van der Waals surface area contributed by atoms with Gasteiger partial charge < -0.3 is 10.3 Å². The number of benzene rings is 1. The molecule has 3 nitrogen and oxygen atoms in total. The number of hydrogen-bond donors (Lipinski definition) is 1. The Kier molecular flexibility index (Phi) is 4.02. The van der Waals surface area contributed by atoms with Crippen molar-refractivity contribution in [3.05, 3.63) is 33.5 Å². The molecule has 1 fully saturated rings. The number of imidazole rings is 1. The van der Waals surface area contributed by atoms with Gasteiger partial charge >= 0.3 is 0 Å². The monoisotopic (exact) mass is 367 g/mol. The van der Waals surface area contributed by atoms with Crippen molar-refractivity contribution in [3.63, 3.8) is 0 Å². The fourth-order valence-corrected chi connectivity index (χ4v) is 3.18. The topological polar surface area (TPSA) is 43.8 Å². The Bertz CT molecular complexity index is 674. The van der Waals surface area contributed by atoms with Gasteiger partial charge in [0.05, 0.1) is 0 Å². The zero-order valence-electron chi connectivity index (χ0n) is 12.2. The average Bonchev–Trinajstić information content (AvgIpc) is 3.21. The van der Waals surface area contributed by atoms with Crippen LogP contribution in [0.25, 0.3) is 11.3 Å². The Balaban J connectivity index is 2.12. The summed E-state index contributed by atoms with van der Waals surface area (Å²) in [5.74, 6) is 2.98. The van der Waals surface area contributed by atoms with Crippen LogP contribution in [0.5, 0.6) is 0 Å². The molecule has 2 aromatic rings. The van der Waals surface area contributed by atoms with E-state index in [0.29, 0.717) is 16.9 Å². The zero-order valence-corrected chi connectivity index (χ0v) is 14.6. The molecule has 0 aliphatic heterocycles. The Morgan fingerprint density at radius 1 is 1.43 bits per heavy atom. The van der Waals surface area contributed by atoms with E-state index < -0.39 is 0 Å². The molecule has 1 aliphatic rings. The summed E-state index contributed by atoms with van der Waals surface area (Å²) in [6, 6.07) is 5.72. The lowest BCUT2D eigenvalue weighted by Gasteiger charge is -2.12. The zero-order chi connectivity index (χ0) is 15.1. The number of rotatable bonds is 4. The summed E-state index contributed by atoms with van der Waals surface area (Å²) in [6.07, 6.45) is 2.43. The first-order valence-electron chi connectivity index (χ1n) is 7.28. The highest BCUT2D eigenvalue weighted by molar-refractivity contribution is 9.10. The predicted molar refractivity (Wildman–Crippen MR) is 91.6 cm³/mol. The molecule has 3 rings (SSSR count). The third-order valence-corrected chi connectivity index (χ3v) is 4.64. The largest absolute Gasteiger partial charge is 0.383 e. The summed E-state index contributed by atoms with van der Waals surface area (Å²) in [5, 5.41) is 0.694. The average molecular weight is 369 g/mol. The highest BCUT2D eigenvalue weighted by Gasteiger charge is 2.31. The first-order valence-corrected chi connectivity index (χ1v) is 8.45. The lowest BCUT2D eigenvalue weighted by molar-refractivity contribution is 0.512. The second kappa shape index (κ2) is 5.65. The SMILES string of the molecule is CC(C)Cn1c(C2CC2)nc(-c2cc(Cl)ccc2Br)c1N. The molecule has 5 heteroatoms. The lowest BCUT2D eigenvalue weighted by atomic mass is 10.1. The van der Waals surface area contributed by atoms with E-state index in [1.54, 1.807) is 0 Å². The van der Waals surface area contributed by atoms with Crippen LogP contribution >= 0.6 is 27.5 Å². The van der Waals surface area contributed by atoms with Gasteiger partial charge in [0.25, 0.3) is 0 Å². The van der Waals surface area contributed by atoms with Crippen molar-refractivity contribution in [2.24, 2.45) is 5.92 Å². The molecular formula is C16H19BrClN3. The maximum absolute atomic E-state index is 6.41. The smallest absolute Gasteiger partial charge is 0.131 e. The number of anilines is 1. The van der Waals surface area contributed by atoms with Crippen LogP contribution in [0.4, 0.5) is 5.82 Å². The van der Waals surface area contributed by atoms with Crippen molar-refractivity contribution < 1.29 is 0 Å². The molecule has 1 aromatic heterocycles. The molecule has 0 amide bonds. The molecule has 1 heterocycles. The van der Waals surface area contributed by atoms with E-state index in [0.717, 1.165) is 33.9 Å². The summed E-state index contributed by atoms with van der Waals surface area (Å²) in [7, 11) is 0. The Morgan fingerprint density at radius 2 is 2.14 bits per heavy atom. The van der Waals surface area contributed by atoms with Gasteiger partial charge in [-0.3, -0.25) is 0 Å². The van der Waals surface area contributed by atoms with Crippen LogP contribution in [0.3, 0.4) is 0 Å². The van der Waals surface area contributed by atoms with Crippen molar-refractivity contribution in [1.82, 2.24) is 9.55 Å². The van der Waals surface area contributed by atoms with Crippen LogP contribution in [0.2, 0.25) is 5.02 Å². The van der Waals surface area contributed by atoms with Gasteiger partial charge in [0.1, 0.15) is 17.3 Å². The highest BCUT2D eigenvalue weighted by Crippen LogP contribution is 2.43. The summed E-state index contributed by atoms with van der Waals surface area (Å²) in [5.41, 5.74) is 8.21. The van der Waals surface area contributed by atoms with Gasteiger partial charge in [0, 0.05) is 27.5 Å². The van der Waals surface area contributed by atoms with Crippen LogP contribution in [0, 0.1) is 5.92 Å². The van der Waals surface area contributed by atoms with Crippen LogP contribution in [0.1, 0.15) is 38.4 Å². The maximum atomic E-state index is 6.41. The molecule has 21 heavy (non-hydrogen) atoms. The molecule has 1 aliphatic carbocycles. The minimum Gasteiger partial charge on any atom is -0.383 e. The fraction of sp³-hybridized carbons (Fsp3) is 0.438. The quantitative estimate of drug-likeness (QED) is 0.817. The van der Waals surface area contributed by atoms with Crippen LogP contribution in [0.15, 0.2) is 22.7 Å². The van der Waals surface area contributed by atoms with Gasteiger partial charge in [-0.25, -0.2) is 4.98 Å². The molecule has 2 N–H and O–H groups in total. The molecule has 0 spiro atoms. The van der Waals surface area contributed by atoms with E-state index >= 15 is 0 Å². The van der Waals surface area contributed by atoms with Crippen LogP contribution in [-0.2, 0) is 6.54 Å². The molecule has 112 valence electrons. The van der Waals surface area contributed by atoms with Crippen molar-refractivity contribution in [3.8, 4) is 11.3 Å². The van der Waals surface area contributed by atoms with Crippen molar-refractivity contribution in [1.29, 1.82) is 0 Å². The molecule has 1 aromatic carbocycles. The number of halogens is 2. The highest BCUT2D eigenvalue weighted by atomic mass is 79.9. The minimum atomic E-state index is 0.537. The van der Waals surface area contributed by atoms with Gasteiger partial charge in [-0.05, 0) is 37.0 Å². The second-order valence-corrected chi connectivity index (χ2v) is 7.40. The summed E-state index contributed by atoms with van der Waals surface area (Å²) in [4.78, 5) is 4.85. The van der Waals surface area contributed by atoms with Gasteiger partial charge in [-0.2, -0.15) is 0 Å². The van der Waals surface area contributed by atoms with Gasteiger partial charge in [0.15, 0.2) is 0 Å². The third kappa shape index (κ3) is 2.97. The van der Waals surface area contributed by atoms with Crippen molar-refractivity contribution in [2.75, 3.05) is 5.73 Å². The normalized spacial score (nSPS) is 14.9. The Hall–Kier alpha value is -1.00. The summed E-state index contributed by atoms with van der Waals surface area (Å²) < 4.78 is 3.15. The third-order valence-electron chi connectivity index (χ3n) is 3.71. The van der Waals surface area contributed by atoms with E-state index in [2.05, 4.69) is 34.3 Å². The van der Waals surface area contributed by atoms with Crippen LogP contribution in [-0.4, -0.2) is 9.55 Å².